The summed E-state index contributed by atoms with van der Waals surface area (Å²) in [6, 6.07) is 7.11. The van der Waals surface area contributed by atoms with E-state index < -0.39 is 0 Å². The van der Waals surface area contributed by atoms with Gasteiger partial charge in [-0.05, 0) is 37.3 Å². The molecule has 2 rings (SSSR count). The van der Waals surface area contributed by atoms with Crippen molar-refractivity contribution in [1.29, 1.82) is 0 Å². The van der Waals surface area contributed by atoms with Crippen LogP contribution in [0.5, 0.6) is 11.5 Å². The van der Waals surface area contributed by atoms with Crippen molar-refractivity contribution in [3.05, 3.63) is 24.3 Å². The molecular formula is C15H21NO4. The number of carbonyl (C=O) groups is 1. The van der Waals surface area contributed by atoms with Gasteiger partial charge in [0.25, 0.3) is 5.91 Å². The largest absolute Gasteiger partial charge is 0.497 e. The van der Waals surface area contributed by atoms with Gasteiger partial charge in [-0.2, -0.15) is 0 Å². The lowest BCUT2D eigenvalue weighted by Crippen LogP contribution is -2.31. The van der Waals surface area contributed by atoms with Crippen LogP contribution in [-0.4, -0.2) is 37.4 Å². The number of benzene rings is 1. The molecule has 1 atom stereocenters. The maximum atomic E-state index is 11.6. The molecule has 110 valence electrons. The molecule has 0 radical (unpaired) electrons. The van der Waals surface area contributed by atoms with E-state index in [-0.39, 0.29) is 18.6 Å². The second-order valence-corrected chi connectivity index (χ2v) is 5.01. The highest BCUT2D eigenvalue weighted by Gasteiger charge is 2.29. The lowest BCUT2D eigenvalue weighted by Gasteiger charge is -2.11. The Kier molecular flexibility index (Phi) is 5.24. The number of aliphatic hydroxyl groups excluding tert-OH is 1. The van der Waals surface area contributed by atoms with E-state index in [0.717, 1.165) is 12.8 Å². The number of nitrogens with one attached hydrogen (secondary N) is 1. The van der Waals surface area contributed by atoms with Crippen LogP contribution in [0.2, 0.25) is 0 Å². The number of methoxy groups -OCH3 is 1. The lowest BCUT2D eigenvalue weighted by atomic mass is 10.2. The zero-order valence-corrected chi connectivity index (χ0v) is 11.7. The first-order valence-corrected chi connectivity index (χ1v) is 6.90. The minimum Gasteiger partial charge on any atom is -0.497 e. The predicted octanol–water partition coefficient (Wildman–Crippen LogP) is 1.35. The first-order valence-electron chi connectivity index (χ1n) is 6.90. The molecule has 1 aliphatic carbocycles. The monoisotopic (exact) mass is 279 g/mol. The summed E-state index contributed by atoms with van der Waals surface area (Å²) in [6.07, 6.45) is 2.53. The van der Waals surface area contributed by atoms with E-state index in [9.17, 15) is 9.90 Å². The van der Waals surface area contributed by atoms with Crippen LogP contribution in [0.4, 0.5) is 0 Å². The van der Waals surface area contributed by atoms with Gasteiger partial charge >= 0.3 is 0 Å². The summed E-state index contributed by atoms with van der Waals surface area (Å²) in [7, 11) is 1.58. The molecule has 0 heterocycles. The van der Waals surface area contributed by atoms with Gasteiger partial charge in [-0.15, -0.1) is 0 Å². The SMILES string of the molecule is COc1cccc(OCC(=O)NCC[C@H](O)C2CC2)c1. The fourth-order valence-electron chi connectivity index (χ4n) is 1.97. The molecule has 0 spiro atoms. The van der Waals surface area contributed by atoms with Crippen molar-refractivity contribution in [3.8, 4) is 11.5 Å². The summed E-state index contributed by atoms with van der Waals surface area (Å²) in [5, 5.41) is 12.4. The zero-order chi connectivity index (χ0) is 14.4. The Morgan fingerprint density at radius 2 is 2.20 bits per heavy atom. The van der Waals surface area contributed by atoms with Crippen LogP contribution in [0.15, 0.2) is 24.3 Å². The van der Waals surface area contributed by atoms with Crippen molar-refractivity contribution in [2.24, 2.45) is 5.92 Å². The van der Waals surface area contributed by atoms with Crippen LogP contribution in [0, 0.1) is 5.92 Å². The van der Waals surface area contributed by atoms with E-state index in [1.165, 1.54) is 0 Å². The molecule has 0 unspecified atom stereocenters. The summed E-state index contributed by atoms with van der Waals surface area (Å²) in [5.41, 5.74) is 0. The highest BCUT2D eigenvalue weighted by atomic mass is 16.5. The summed E-state index contributed by atoms with van der Waals surface area (Å²) >= 11 is 0. The third kappa shape index (κ3) is 4.74. The van der Waals surface area contributed by atoms with Gasteiger partial charge in [0.2, 0.25) is 0 Å². The second-order valence-electron chi connectivity index (χ2n) is 5.01. The summed E-state index contributed by atoms with van der Waals surface area (Å²) in [6.45, 7) is 0.449. The zero-order valence-electron chi connectivity index (χ0n) is 11.7. The highest BCUT2D eigenvalue weighted by molar-refractivity contribution is 5.77. The summed E-state index contributed by atoms with van der Waals surface area (Å²) < 4.78 is 10.4. The highest BCUT2D eigenvalue weighted by Crippen LogP contribution is 2.33. The number of aliphatic hydroxyl groups is 1. The molecule has 5 heteroatoms. The number of ether oxygens (including phenoxy) is 2. The molecular weight excluding hydrogens is 258 g/mol. The Hall–Kier alpha value is -1.75. The average Bonchev–Trinajstić information content (AvgIpc) is 3.30. The molecule has 1 aliphatic rings. The molecule has 1 amide bonds. The molecule has 1 saturated carbocycles. The maximum Gasteiger partial charge on any atom is 0.257 e. The Bertz CT molecular complexity index is 445. The predicted molar refractivity (Wildman–Crippen MR) is 74.8 cm³/mol. The van der Waals surface area contributed by atoms with Gasteiger partial charge in [0.1, 0.15) is 11.5 Å². The molecule has 0 saturated heterocycles. The van der Waals surface area contributed by atoms with Gasteiger partial charge in [-0.25, -0.2) is 0 Å². The van der Waals surface area contributed by atoms with E-state index in [1.807, 2.05) is 6.07 Å². The number of hydrogen-bond acceptors (Lipinski definition) is 4. The minimum atomic E-state index is -0.283. The normalized spacial score (nSPS) is 15.5. The van der Waals surface area contributed by atoms with Crippen molar-refractivity contribution in [1.82, 2.24) is 5.32 Å². The molecule has 1 aromatic carbocycles. The summed E-state index contributed by atoms with van der Waals surface area (Å²) in [5.74, 6) is 1.55. The van der Waals surface area contributed by atoms with Crippen LogP contribution in [-0.2, 0) is 4.79 Å². The molecule has 1 fully saturated rings. The van der Waals surface area contributed by atoms with E-state index >= 15 is 0 Å². The Morgan fingerprint density at radius 3 is 2.90 bits per heavy atom. The van der Waals surface area contributed by atoms with Crippen LogP contribution < -0.4 is 14.8 Å². The van der Waals surface area contributed by atoms with Gasteiger partial charge in [-0.3, -0.25) is 4.79 Å². The number of hydrogen-bond donors (Lipinski definition) is 2. The quantitative estimate of drug-likeness (QED) is 0.754. The molecule has 20 heavy (non-hydrogen) atoms. The molecule has 5 nitrogen and oxygen atoms in total. The van der Waals surface area contributed by atoms with Crippen LogP contribution in [0.1, 0.15) is 19.3 Å². The molecule has 2 N–H and O–H groups in total. The summed E-state index contributed by atoms with van der Waals surface area (Å²) in [4.78, 5) is 11.6. The molecule has 0 aromatic heterocycles. The first-order chi connectivity index (χ1) is 9.69. The standard InChI is InChI=1S/C15H21NO4/c1-19-12-3-2-4-13(9-12)20-10-15(18)16-8-7-14(17)11-5-6-11/h2-4,9,11,14,17H,5-8,10H2,1H3,(H,16,18)/t14-/m0/s1. The van der Waals surface area contributed by atoms with E-state index in [4.69, 9.17) is 9.47 Å². The number of amides is 1. The van der Waals surface area contributed by atoms with Crippen molar-refractivity contribution < 1.29 is 19.4 Å². The second kappa shape index (κ2) is 7.14. The lowest BCUT2D eigenvalue weighted by molar-refractivity contribution is -0.123. The maximum absolute atomic E-state index is 11.6. The third-order valence-corrected chi connectivity index (χ3v) is 3.34. The van der Waals surface area contributed by atoms with Crippen LogP contribution >= 0.6 is 0 Å². The average molecular weight is 279 g/mol. The minimum absolute atomic E-state index is 0.0350. The van der Waals surface area contributed by atoms with Crippen LogP contribution in [0.25, 0.3) is 0 Å². The fraction of sp³-hybridized carbons (Fsp3) is 0.533. The Labute approximate surface area is 118 Å². The van der Waals surface area contributed by atoms with Gasteiger partial charge < -0.3 is 19.9 Å². The van der Waals surface area contributed by atoms with Crippen molar-refractivity contribution in [2.75, 3.05) is 20.3 Å². The molecule has 0 aliphatic heterocycles. The van der Waals surface area contributed by atoms with Crippen molar-refractivity contribution >= 4 is 5.91 Å². The Morgan fingerprint density at radius 1 is 1.45 bits per heavy atom. The topological polar surface area (TPSA) is 67.8 Å². The molecule has 1 aromatic rings. The van der Waals surface area contributed by atoms with Crippen LogP contribution in [0.3, 0.4) is 0 Å². The van der Waals surface area contributed by atoms with Crippen molar-refractivity contribution in [2.45, 2.75) is 25.4 Å². The van der Waals surface area contributed by atoms with E-state index in [2.05, 4.69) is 5.32 Å². The Balaban J connectivity index is 1.63. The van der Waals surface area contributed by atoms with Crippen molar-refractivity contribution in [3.63, 3.8) is 0 Å². The number of rotatable bonds is 8. The first kappa shape index (κ1) is 14.7. The van der Waals surface area contributed by atoms with E-state index in [1.54, 1.807) is 25.3 Å². The molecule has 0 bridgehead atoms. The number of carbonyl (C=O) groups excluding carboxylic acids is 1. The smallest absolute Gasteiger partial charge is 0.257 e. The van der Waals surface area contributed by atoms with Gasteiger partial charge in [0.15, 0.2) is 6.61 Å². The van der Waals surface area contributed by atoms with Gasteiger partial charge in [0.05, 0.1) is 13.2 Å². The third-order valence-electron chi connectivity index (χ3n) is 3.34. The van der Waals surface area contributed by atoms with E-state index in [0.29, 0.717) is 30.4 Å². The van der Waals surface area contributed by atoms with Gasteiger partial charge in [-0.1, -0.05) is 6.07 Å². The van der Waals surface area contributed by atoms with Gasteiger partial charge in [0, 0.05) is 12.6 Å². The fourth-order valence-corrected chi connectivity index (χ4v) is 1.97.